The smallest absolute Gasteiger partial charge is 0.273 e. The van der Waals surface area contributed by atoms with Gasteiger partial charge in [-0.15, -0.1) is 0 Å². The summed E-state index contributed by atoms with van der Waals surface area (Å²) in [5.74, 6) is 0.0594. The number of hydrogen-bond donors (Lipinski definition) is 3. The lowest BCUT2D eigenvalue weighted by Crippen LogP contribution is -2.45. The van der Waals surface area contributed by atoms with Gasteiger partial charge in [0.1, 0.15) is 4.90 Å². The zero-order valence-electron chi connectivity index (χ0n) is 12.1. The van der Waals surface area contributed by atoms with E-state index < -0.39 is 15.9 Å². The van der Waals surface area contributed by atoms with Crippen molar-refractivity contribution in [1.82, 2.24) is 15.5 Å². The largest absolute Gasteiger partial charge is 0.345 e. The molecule has 2 saturated carbocycles. The Labute approximate surface area is 123 Å². The van der Waals surface area contributed by atoms with E-state index in [1.807, 2.05) is 13.8 Å². The molecule has 0 radical (unpaired) electrons. The number of nitrogens with one attached hydrogen (secondary N) is 2. The molecule has 0 spiro atoms. The normalized spacial score (nSPS) is 19.6. The lowest BCUT2D eigenvalue weighted by molar-refractivity contribution is 0.0894. The van der Waals surface area contributed by atoms with Gasteiger partial charge >= 0.3 is 0 Å². The van der Waals surface area contributed by atoms with E-state index in [9.17, 15) is 13.2 Å². The molecule has 21 heavy (non-hydrogen) atoms. The van der Waals surface area contributed by atoms with Gasteiger partial charge in [-0.05, 0) is 45.4 Å². The van der Waals surface area contributed by atoms with Crippen LogP contribution >= 0.6 is 0 Å². The zero-order chi connectivity index (χ0) is 15.4. The number of nitrogens with two attached hydrogens (primary N) is 1. The number of primary sulfonamides is 1. The van der Waals surface area contributed by atoms with Crippen LogP contribution in [-0.2, 0) is 10.0 Å². The molecule has 0 atom stereocenters. The maximum Gasteiger partial charge on any atom is 0.273 e. The third kappa shape index (κ3) is 2.82. The highest BCUT2D eigenvalue weighted by Crippen LogP contribution is 2.43. The second-order valence-corrected chi connectivity index (χ2v) is 8.08. The summed E-state index contributed by atoms with van der Waals surface area (Å²) in [6.07, 6.45) is 3.92. The highest BCUT2D eigenvalue weighted by Gasteiger charge is 2.41. The van der Waals surface area contributed by atoms with Crippen LogP contribution in [0.15, 0.2) is 4.90 Å². The van der Waals surface area contributed by atoms with Crippen molar-refractivity contribution in [2.45, 2.75) is 55.9 Å². The molecule has 8 heteroatoms. The average Bonchev–Trinajstić information content (AvgIpc) is 3.22. The van der Waals surface area contributed by atoms with Crippen LogP contribution in [0, 0.1) is 5.92 Å². The van der Waals surface area contributed by atoms with Gasteiger partial charge in [-0.1, -0.05) is 0 Å². The standard InChI is InChI=1S/C13H20N4O3S/c1-13(2,8-5-6-8)15-12(18)10-11(21(14,19)20)9(16-17-10)7-3-4-7/h7-8H,3-6H2,1-2H3,(H,15,18)(H,16,17)(H2,14,19,20). The molecule has 4 N–H and O–H groups in total. The van der Waals surface area contributed by atoms with E-state index in [0.717, 1.165) is 25.7 Å². The number of amides is 1. The van der Waals surface area contributed by atoms with E-state index in [0.29, 0.717) is 11.6 Å². The first-order chi connectivity index (χ1) is 9.70. The highest BCUT2D eigenvalue weighted by molar-refractivity contribution is 7.89. The zero-order valence-corrected chi connectivity index (χ0v) is 13.0. The number of carbonyl (C=O) groups excluding carboxylic acids is 1. The third-order valence-electron chi connectivity index (χ3n) is 4.27. The summed E-state index contributed by atoms with van der Waals surface area (Å²) < 4.78 is 23.6. The summed E-state index contributed by atoms with van der Waals surface area (Å²) in [7, 11) is -3.99. The number of nitrogens with zero attached hydrogens (tertiary/aromatic N) is 1. The van der Waals surface area contributed by atoms with Gasteiger partial charge in [0.05, 0.1) is 5.69 Å². The maximum absolute atomic E-state index is 12.4. The van der Waals surface area contributed by atoms with Gasteiger partial charge in [0.25, 0.3) is 5.91 Å². The van der Waals surface area contributed by atoms with Gasteiger partial charge in [-0.3, -0.25) is 9.89 Å². The first-order valence-corrected chi connectivity index (χ1v) is 8.68. The minimum absolute atomic E-state index is 0.115. The second kappa shape index (κ2) is 4.54. The van der Waals surface area contributed by atoms with Crippen LogP contribution in [0.25, 0.3) is 0 Å². The number of rotatable bonds is 5. The van der Waals surface area contributed by atoms with E-state index in [2.05, 4.69) is 15.5 Å². The Morgan fingerprint density at radius 3 is 2.43 bits per heavy atom. The van der Waals surface area contributed by atoms with Crippen molar-refractivity contribution in [3.8, 4) is 0 Å². The number of hydrogen-bond acceptors (Lipinski definition) is 4. The molecular formula is C13H20N4O3S. The van der Waals surface area contributed by atoms with E-state index in [4.69, 9.17) is 5.14 Å². The van der Waals surface area contributed by atoms with Crippen LogP contribution in [-0.4, -0.2) is 30.1 Å². The lowest BCUT2D eigenvalue weighted by atomic mass is 9.98. The molecule has 2 aliphatic rings. The summed E-state index contributed by atoms with van der Waals surface area (Å²) in [5, 5.41) is 14.7. The summed E-state index contributed by atoms with van der Waals surface area (Å²) in [4.78, 5) is 12.3. The predicted octanol–water partition coefficient (Wildman–Crippen LogP) is 0.853. The molecule has 0 aromatic carbocycles. The molecule has 2 aliphatic carbocycles. The minimum Gasteiger partial charge on any atom is -0.345 e. The van der Waals surface area contributed by atoms with E-state index in [1.165, 1.54) is 0 Å². The Hall–Kier alpha value is -1.41. The quantitative estimate of drug-likeness (QED) is 0.747. The van der Waals surface area contributed by atoms with Crippen molar-refractivity contribution in [3.05, 3.63) is 11.4 Å². The third-order valence-corrected chi connectivity index (χ3v) is 5.25. The van der Waals surface area contributed by atoms with Crippen LogP contribution in [0.3, 0.4) is 0 Å². The molecule has 1 aromatic rings. The topological polar surface area (TPSA) is 118 Å². The van der Waals surface area contributed by atoms with Crippen LogP contribution < -0.4 is 10.5 Å². The van der Waals surface area contributed by atoms with Crippen LogP contribution in [0.4, 0.5) is 0 Å². The molecule has 2 fully saturated rings. The van der Waals surface area contributed by atoms with Gasteiger partial charge in [0.2, 0.25) is 10.0 Å². The van der Waals surface area contributed by atoms with Crippen molar-refractivity contribution < 1.29 is 13.2 Å². The molecule has 0 unspecified atom stereocenters. The number of aromatic nitrogens is 2. The van der Waals surface area contributed by atoms with E-state index in [-0.39, 0.29) is 22.0 Å². The first-order valence-electron chi connectivity index (χ1n) is 7.13. The molecule has 116 valence electrons. The summed E-state index contributed by atoms with van der Waals surface area (Å²) in [5.41, 5.74) is -0.0224. The maximum atomic E-state index is 12.4. The molecule has 0 bridgehead atoms. The number of H-pyrrole nitrogens is 1. The Morgan fingerprint density at radius 2 is 1.95 bits per heavy atom. The lowest BCUT2D eigenvalue weighted by Gasteiger charge is -2.25. The Balaban J connectivity index is 1.93. The molecule has 1 heterocycles. The first kappa shape index (κ1) is 14.5. The molecular weight excluding hydrogens is 292 g/mol. The molecule has 0 saturated heterocycles. The van der Waals surface area contributed by atoms with Gasteiger partial charge in [0, 0.05) is 11.5 Å². The Bertz CT molecular complexity index is 684. The number of carbonyl (C=O) groups is 1. The van der Waals surface area contributed by atoms with E-state index >= 15 is 0 Å². The minimum atomic E-state index is -3.99. The van der Waals surface area contributed by atoms with Crippen molar-refractivity contribution in [3.63, 3.8) is 0 Å². The molecule has 1 aromatic heterocycles. The SMILES string of the molecule is CC(C)(NC(=O)c1n[nH]c(C2CC2)c1S(N)(=O)=O)C1CC1. The van der Waals surface area contributed by atoms with Gasteiger partial charge < -0.3 is 5.32 Å². The van der Waals surface area contributed by atoms with Crippen LogP contribution in [0.1, 0.15) is 61.6 Å². The highest BCUT2D eigenvalue weighted by atomic mass is 32.2. The molecule has 0 aliphatic heterocycles. The van der Waals surface area contributed by atoms with Crippen molar-refractivity contribution >= 4 is 15.9 Å². The second-order valence-electron chi connectivity index (χ2n) is 6.58. The Morgan fingerprint density at radius 1 is 1.33 bits per heavy atom. The number of aromatic amines is 1. The summed E-state index contributed by atoms with van der Waals surface area (Å²) in [6, 6.07) is 0. The van der Waals surface area contributed by atoms with Crippen molar-refractivity contribution in [2.75, 3.05) is 0 Å². The van der Waals surface area contributed by atoms with Crippen LogP contribution in [0.5, 0.6) is 0 Å². The molecule has 7 nitrogen and oxygen atoms in total. The van der Waals surface area contributed by atoms with E-state index in [1.54, 1.807) is 0 Å². The van der Waals surface area contributed by atoms with Gasteiger partial charge in [-0.2, -0.15) is 5.10 Å². The molecule has 1 amide bonds. The Kier molecular flexibility index (Phi) is 3.14. The van der Waals surface area contributed by atoms with Crippen molar-refractivity contribution in [1.29, 1.82) is 0 Å². The average molecular weight is 312 g/mol. The fourth-order valence-electron chi connectivity index (χ4n) is 2.69. The predicted molar refractivity (Wildman–Crippen MR) is 76.2 cm³/mol. The monoisotopic (exact) mass is 312 g/mol. The van der Waals surface area contributed by atoms with Gasteiger partial charge in [0.15, 0.2) is 5.69 Å². The summed E-state index contributed by atoms with van der Waals surface area (Å²) in [6.45, 7) is 3.88. The fourth-order valence-corrected chi connectivity index (χ4v) is 3.62. The van der Waals surface area contributed by atoms with Crippen molar-refractivity contribution in [2.24, 2.45) is 11.1 Å². The summed E-state index contributed by atoms with van der Waals surface area (Å²) >= 11 is 0. The van der Waals surface area contributed by atoms with Gasteiger partial charge in [-0.25, -0.2) is 13.6 Å². The fraction of sp³-hybridized carbons (Fsp3) is 0.692. The van der Waals surface area contributed by atoms with Crippen LogP contribution in [0.2, 0.25) is 0 Å². The molecule has 3 rings (SSSR count). The number of sulfonamides is 1.